The van der Waals surface area contributed by atoms with Crippen molar-refractivity contribution < 1.29 is 19.0 Å². The minimum atomic E-state index is -0.651. The molecule has 0 aliphatic carbocycles. The van der Waals surface area contributed by atoms with Gasteiger partial charge in [0.1, 0.15) is 6.61 Å². The van der Waals surface area contributed by atoms with Gasteiger partial charge in [0.05, 0.1) is 35.1 Å². The Morgan fingerprint density at radius 3 is 2.51 bits per heavy atom. The number of rotatable bonds is 9. The van der Waals surface area contributed by atoms with Gasteiger partial charge >= 0.3 is 5.97 Å². The fraction of sp³-hybridized carbons (Fsp3) is 0.323. The van der Waals surface area contributed by atoms with E-state index >= 15 is 0 Å². The minimum absolute atomic E-state index is 0.123. The molecule has 0 amide bonds. The number of esters is 1. The average Bonchev–Trinajstić information content (AvgIpc) is 3.21. The van der Waals surface area contributed by atoms with Crippen LogP contribution in [0.3, 0.4) is 0 Å². The van der Waals surface area contributed by atoms with E-state index in [9.17, 15) is 9.59 Å². The maximum Gasteiger partial charge on any atom is 0.338 e. The molecule has 0 saturated carbocycles. The summed E-state index contributed by atoms with van der Waals surface area (Å²) in [6, 6.07) is 12.8. The van der Waals surface area contributed by atoms with Crippen molar-refractivity contribution in [2.75, 3.05) is 19.8 Å². The van der Waals surface area contributed by atoms with Crippen LogP contribution in [0.25, 0.3) is 6.08 Å². The third-order valence-electron chi connectivity index (χ3n) is 6.31. The van der Waals surface area contributed by atoms with Crippen LogP contribution in [0.5, 0.6) is 11.5 Å². The van der Waals surface area contributed by atoms with E-state index in [2.05, 4.69) is 24.8 Å². The van der Waals surface area contributed by atoms with Crippen molar-refractivity contribution in [2.45, 2.75) is 46.6 Å². The predicted octanol–water partition coefficient (Wildman–Crippen LogP) is 4.33. The Morgan fingerprint density at radius 1 is 1.13 bits per heavy atom. The Kier molecular flexibility index (Phi) is 8.72. The average molecular weight is 545 g/mol. The monoisotopic (exact) mass is 544 g/mol. The van der Waals surface area contributed by atoms with E-state index in [0.717, 1.165) is 11.1 Å². The van der Waals surface area contributed by atoms with Crippen molar-refractivity contribution in [1.82, 2.24) is 4.57 Å². The predicted molar refractivity (Wildman–Crippen MR) is 153 cm³/mol. The number of carbonyl (C=O) groups is 1. The molecule has 3 aromatic rings. The molecule has 1 unspecified atom stereocenters. The zero-order valence-corrected chi connectivity index (χ0v) is 23.6. The summed E-state index contributed by atoms with van der Waals surface area (Å²) in [4.78, 5) is 32.1. The lowest BCUT2D eigenvalue weighted by atomic mass is 9.93. The third-order valence-corrected chi connectivity index (χ3v) is 7.30. The number of nitrogens with zero attached hydrogens (tertiary/aromatic N) is 2. The fourth-order valence-electron chi connectivity index (χ4n) is 4.44. The standard InChI is InChI=1S/C31H32N2O5S/c1-7-16-38-24-15-10-21(17-25(24)36-8-2)18-26-29(34)33-28(23-13-11-22(12-14-23)19(4)5)27(30(35)37-9-3)20(6)32-31(33)39-26/h1,10-15,17-19,28H,8-9,16H2,2-6H3. The highest BCUT2D eigenvalue weighted by Gasteiger charge is 2.33. The summed E-state index contributed by atoms with van der Waals surface area (Å²) in [5.41, 5.74) is 3.41. The normalized spacial score (nSPS) is 15.0. The number of thiazole rings is 1. The lowest BCUT2D eigenvalue weighted by Crippen LogP contribution is -2.39. The number of benzene rings is 2. The molecule has 0 fully saturated rings. The van der Waals surface area contributed by atoms with Gasteiger partial charge in [0.2, 0.25) is 0 Å². The number of ether oxygens (including phenoxy) is 3. The molecule has 1 aliphatic rings. The number of fused-ring (bicyclic) bond motifs is 1. The third kappa shape index (κ3) is 5.84. The van der Waals surface area contributed by atoms with Gasteiger partial charge in [-0.2, -0.15) is 0 Å². The van der Waals surface area contributed by atoms with Crippen molar-refractivity contribution in [1.29, 1.82) is 0 Å². The van der Waals surface area contributed by atoms with Crippen molar-refractivity contribution in [3.8, 4) is 23.8 Å². The second-order valence-corrected chi connectivity index (χ2v) is 10.3. The highest BCUT2D eigenvalue weighted by Crippen LogP contribution is 2.32. The molecule has 0 radical (unpaired) electrons. The number of hydrogen-bond acceptors (Lipinski definition) is 7. The molecule has 1 aliphatic heterocycles. The molecule has 4 rings (SSSR count). The van der Waals surface area contributed by atoms with Crippen molar-refractivity contribution in [2.24, 2.45) is 4.99 Å². The quantitative estimate of drug-likeness (QED) is 0.296. The first-order valence-electron chi connectivity index (χ1n) is 12.9. The molecule has 0 spiro atoms. The van der Waals surface area contributed by atoms with Gasteiger partial charge in [0, 0.05) is 0 Å². The van der Waals surface area contributed by atoms with Crippen LogP contribution in [0.15, 0.2) is 63.5 Å². The molecule has 202 valence electrons. The van der Waals surface area contributed by atoms with Gasteiger partial charge in [0.25, 0.3) is 5.56 Å². The van der Waals surface area contributed by atoms with Crippen molar-refractivity contribution in [3.05, 3.63) is 90.1 Å². The molecule has 0 N–H and O–H groups in total. The van der Waals surface area contributed by atoms with E-state index in [-0.39, 0.29) is 18.8 Å². The van der Waals surface area contributed by atoms with E-state index in [1.165, 1.54) is 16.9 Å². The summed E-state index contributed by atoms with van der Waals surface area (Å²) in [5.74, 6) is 3.40. The number of aromatic nitrogens is 1. The van der Waals surface area contributed by atoms with Gasteiger partial charge in [-0.25, -0.2) is 9.79 Å². The number of hydrogen-bond donors (Lipinski definition) is 0. The SMILES string of the molecule is C#CCOc1ccc(C=c2sc3n(c2=O)C(c2ccc(C(C)C)cc2)C(C(=O)OCC)=C(C)N=3)cc1OCC. The highest BCUT2D eigenvalue weighted by atomic mass is 32.1. The Hall–Kier alpha value is -4.09. The van der Waals surface area contributed by atoms with Gasteiger partial charge in [-0.15, -0.1) is 6.42 Å². The number of terminal acetylenes is 1. The van der Waals surface area contributed by atoms with Crippen LogP contribution in [0.1, 0.15) is 63.3 Å². The highest BCUT2D eigenvalue weighted by molar-refractivity contribution is 7.07. The van der Waals surface area contributed by atoms with E-state index < -0.39 is 12.0 Å². The topological polar surface area (TPSA) is 79.1 Å². The molecular weight excluding hydrogens is 512 g/mol. The molecule has 0 saturated heterocycles. The van der Waals surface area contributed by atoms with E-state index in [4.69, 9.17) is 20.6 Å². The molecule has 8 heteroatoms. The molecule has 7 nitrogen and oxygen atoms in total. The lowest BCUT2D eigenvalue weighted by molar-refractivity contribution is -0.139. The zero-order valence-electron chi connectivity index (χ0n) is 22.8. The minimum Gasteiger partial charge on any atom is -0.490 e. The van der Waals surface area contributed by atoms with Crippen LogP contribution in [0, 0.1) is 12.3 Å². The van der Waals surface area contributed by atoms with Gasteiger partial charge < -0.3 is 14.2 Å². The first-order chi connectivity index (χ1) is 18.8. The molecule has 0 bridgehead atoms. The first kappa shape index (κ1) is 27.9. The lowest BCUT2D eigenvalue weighted by Gasteiger charge is -2.25. The van der Waals surface area contributed by atoms with Crippen LogP contribution in [-0.2, 0) is 9.53 Å². The fourth-order valence-corrected chi connectivity index (χ4v) is 5.49. The van der Waals surface area contributed by atoms with Gasteiger partial charge in [-0.3, -0.25) is 9.36 Å². The van der Waals surface area contributed by atoms with Gasteiger partial charge in [-0.1, -0.05) is 61.4 Å². The molecule has 39 heavy (non-hydrogen) atoms. The summed E-state index contributed by atoms with van der Waals surface area (Å²) in [6.07, 6.45) is 7.12. The Balaban J connectivity index is 1.87. The van der Waals surface area contributed by atoms with E-state index in [0.29, 0.717) is 44.6 Å². The van der Waals surface area contributed by atoms with Crippen molar-refractivity contribution >= 4 is 23.4 Å². The summed E-state index contributed by atoms with van der Waals surface area (Å²) < 4.78 is 18.8. The van der Waals surface area contributed by atoms with Crippen LogP contribution >= 0.6 is 11.3 Å². The Labute approximate surface area is 232 Å². The smallest absolute Gasteiger partial charge is 0.338 e. The molecular formula is C31H32N2O5S. The maximum atomic E-state index is 13.9. The Morgan fingerprint density at radius 2 is 1.87 bits per heavy atom. The zero-order chi connectivity index (χ0) is 28.1. The largest absolute Gasteiger partial charge is 0.490 e. The molecule has 1 aromatic heterocycles. The summed E-state index contributed by atoms with van der Waals surface area (Å²) in [5, 5.41) is 0. The first-order valence-corrected chi connectivity index (χ1v) is 13.7. The number of carbonyl (C=O) groups excluding carboxylic acids is 1. The van der Waals surface area contributed by atoms with Gasteiger partial charge in [-0.05, 0) is 61.6 Å². The van der Waals surface area contributed by atoms with E-state index in [1.54, 1.807) is 30.6 Å². The molecule has 2 heterocycles. The number of allylic oxidation sites excluding steroid dienone is 1. The van der Waals surface area contributed by atoms with Crippen molar-refractivity contribution in [3.63, 3.8) is 0 Å². The van der Waals surface area contributed by atoms with Crippen LogP contribution in [0.4, 0.5) is 0 Å². The Bertz CT molecular complexity index is 1620. The molecule has 1 atom stereocenters. The summed E-state index contributed by atoms with van der Waals surface area (Å²) >= 11 is 1.27. The maximum absolute atomic E-state index is 13.9. The van der Waals surface area contributed by atoms with Crippen LogP contribution in [-0.4, -0.2) is 30.4 Å². The van der Waals surface area contributed by atoms with Crippen LogP contribution in [0.2, 0.25) is 0 Å². The second kappa shape index (κ2) is 12.2. The molecule has 2 aromatic carbocycles. The van der Waals surface area contributed by atoms with E-state index in [1.807, 2.05) is 43.3 Å². The van der Waals surface area contributed by atoms with Crippen LogP contribution < -0.4 is 24.4 Å². The second-order valence-electron chi connectivity index (χ2n) is 9.26. The van der Waals surface area contributed by atoms with Gasteiger partial charge in [0.15, 0.2) is 16.3 Å². The summed E-state index contributed by atoms with van der Waals surface area (Å²) in [6.45, 7) is 10.5. The summed E-state index contributed by atoms with van der Waals surface area (Å²) in [7, 11) is 0.